The lowest BCUT2D eigenvalue weighted by molar-refractivity contribution is -0.136. The summed E-state index contributed by atoms with van der Waals surface area (Å²) >= 11 is 0. The average Bonchev–Trinajstić information content (AvgIpc) is 3.14. The number of hydrogen-bond acceptors (Lipinski definition) is 3. The van der Waals surface area contributed by atoms with Crippen molar-refractivity contribution in [3.8, 4) is 0 Å². The summed E-state index contributed by atoms with van der Waals surface area (Å²) in [5.41, 5.74) is 1.47. The molecule has 0 radical (unpaired) electrons. The molecule has 0 aromatic carbocycles. The van der Waals surface area contributed by atoms with Crippen LogP contribution in [0.5, 0.6) is 0 Å². The number of carbonyl (C=O) groups is 1. The number of aromatic nitrogens is 2. The van der Waals surface area contributed by atoms with E-state index in [0.717, 1.165) is 32.5 Å². The molecule has 1 aromatic heterocycles. The first-order valence-electron chi connectivity index (χ1n) is 7.90. The van der Waals surface area contributed by atoms with Crippen LogP contribution in [0.2, 0.25) is 0 Å². The van der Waals surface area contributed by atoms with Crippen molar-refractivity contribution in [2.75, 3.05) is 27.2 Å². The summed E-state index contributed by atoms with van der Waals surface area (Å²) in [6.07, 6.45) is 8.44. The van der Waals surface area contributed by atoms with Crippen molar-refractivity contribution in [3.05, 3.63) is 18.2 Å². The first-order chi connectivity index (χ1) is 10.0. The van der Waals surface area contributed by atoms with Gasteiger partial charge in [0.15, 0.2) is 0 Å². The van der Waals surface area contributed by atoms with Crippen LogP contribution >= 0.6 is 0 Å². The lowest BCUT2D eigenvalue weighted by Gasteiger charge is -2.32. The molecule has 5 nitrogen and oxygen atoms in total. The minimum absolute atomic E-state index is 0.222. The third-order valence-electron chi connectivity index (χ3n) is 5.41. The largest absolute Gasteiger partial charge is 0.349 e. The SMILES string of the molecule is CN(C)C(=O)[C@@H]1CCC[C@]12CCN(Cc1cncn1C)C2. The van der Waals surface area contributed by atoms with Crippen molar-refractivity contribution in [3.63, 3.8) is 0 Å². The van der Waals surface area contributed by atoms with E-state index in [4.69, 9.17) is 0 Å². The Balaban J connectivity index is 1.70. The van der Waals surface area contributed by atoms with Gasteiger partial charge in [0.1, 0.15) is 0 Å². The van der Waals surface area contributed by atoms with Gasteiger partial charge in [0, 0.05) is 46.3 Å². The maximum atomic E-state index is 12.5. The van der Waals surface area contributed by atoms with E-state index >= 15 is 0 Å². The topological polar surface area (TPSA) is 41.4 Å². The molecule has 2 heterocycles. The number of rotatable bonds is 3. The zero-order chi connectivity index (χ0) is 15.0. The zero-order valence-corrected chi connectivity index (χ0v) is 13.4. The van der Waals surface area contributed by atoms with Crippen LogP contribution in [0.15, 0.2) is 12.5 Å². The molecular formula is C16H26N4O. The third kappa shape index (κ3) is 2.59. The quantitative estimate of drug-likeness (QED) is 0.847. The first kappa shape index (κ1) is 14.6. The number of aryl methyl sites for hydroxylation is 1. The highest BCUT2D eigenvalue weighted by atomic mass is 16.2. The summed E-state index contributed by atoms with van der Waals surface area (Å²) in [5.74, 6) is 0.555. The Hall–Kier alpha value is -1.36. The van der Waals surface area contributed by atoms with Crippen LogP contribution in [-0.4, -0.2) is 52.4 Å². The number of carbonyl (C=O) groups excluding carboxylic acids is 1. The molecule has 116 valence electrons. The van der Waals surface area contributed by atoms with Gasteiger partial charge in [-0.05, 0) is 31.2 Å². The molecule has 0 bridgehead atoms. The number of nitrogens with zero attached hydrogens (tertiary/aromatic N) is 4. The second-order valence-corrected chi connectivity index (χ2v) is 7.00. The molecule has 1 spiro atoms. The predicted molar refractivity (Wildman–Crippen MR) is 81.6 cm³/mol. The standard InChI is InChI=1S/C16H26N4O/c1-18(2)15(21)14-5-4-6-16(14)7-8-20(11-16)10-13-9-17-12-19(13)3/h9,12,14H,4-8,10-11H2,1-3H3/t14-,16+/m0/s1. The Bertz CT molecular complexity index is 524. The molecule has 2 fully saturated rings. The van der Waals surface area contributed by atoms with E-state index in [1.807, 2.05) is 33.7 Å². The van der Waals surface area contributed by atoms with Crippen LogP contribution < -0.4 is 0 Å². The van der Waals surface area contributed by atoms with Gasteiger partial charge >= 0.3 is 0 Å². The molecule has 2 atom stereocenters. The molecule has 3 rings (SSSR count). The van der Waals surface area contributed by atoms with E-state index in [1.54, 1.807) is 4.90 Å². The number of likely N-dealkylation sites (tertiary alicyclic amines) is 1. The predicted octanol–water partition coefficient (Wildman–Crippen LogP) is 1.50. The second kappa shape index (κ2) is 5.44. The van der Waals surface area contributed by atoms with Gasteiger partial charge in [-0.2, -0.15) is 0 Å². The van der Waals surface area contributed by atoms with Crippen molar-refractivity contribution in [1.82, 2.24) is 19.4 Å². The summed E-state index contributed by atoms with van der Waals surface area (Å²) in [6, 6.07) is 0. The second-order valence-electron chi connectivity index (χ2n) is 7.00. The highest BCUT2D eigenvalue weighted by molar-refractivity contribution is 5.79. The van der Waals surface area contributed by atoms with Crippen molar-refractivity contribution in [1.29, 1.82) is 0 Å². The number of amides is 1. The Morgan fingerprint density at radius 3 is 2.95 bits per heavy atom. The maximum absolute atomic E-state index is 12.5. The molecular weight excluding hydrogens is 264 g/mol. The third-order valence-corrected chi connectivity index (χ3v) is 5.41. The van der Waals surface area contributed by atoms with Gasteiger partial charge in [-0.25, -0.2) is 4.98 Å². The van der Waals surface area contributed by atoms with Crippen LogP contribution in [-0.2, 0) is 18.4 Å². The van der Waals surface area contributed by atoms with Crippen LogP contribution in [0.25, 0.3) is 0 Å². The van der Waals surface area contributed by atoms with E-state index < -0.39 is 0 Å². The number of imidazole rings is 1. The fraction of sp³-hybridized carbons (Fsp3) is 0.750. The molecule has 1 amide bonds. The molecule has 1 saturated carbocycles. The molecule has 5 heteroatoms. The normalized spacial score (nSPS) is 29.4. The minimum Gasteiger partial charge on any atom is -0.349 e. The Kier molecular flexibility index (Phi) is 3.78. The maximum Gasteiger partial charge on any atom is 0.225 e. The van der Waals surface area contributed by atoms with Gasteiger partial charge < -0.3 is 9.47 Å². The number of hydrogen-bond donors (Lipinski definition) is 0. The molecule has 1 aliphatic heterocycles. The van der Waals surface area contributed by atoms with Crippen LogP contribution in [0, 0.1) is 11.3 Å². The van der Waals surface area contributed by atoms with Gasteiger partial charge in [0.2, 0.25) is 5.91 Å². The Morgan fingerprint density at radius 2 is 2.29 bits per heavy atom. The molecule has 2 aliphatic rings. The van der Waals surface area contributed by atoms with Gasteiger partial charge in [0.05, 0.1) is 12.0 Å². The van der Waals surface area contributed by atoms with Crippen LogP contribution in [0.1, 0.15) is 31.4 Å². The molecule has 0 unspecified atom stereocenters. The Morgan fingerprint density at radius 1 is 1.48 bits per heavy atom. The fourth-order valence-corrected chi connectivity index (χ4v) is 4.21. The lowest BCUT2D eigenvalue weighted by atomic mass is 9.76. The zero-order valence-electron chi connectivity index (χ0n) is 13.4. The average molecular weight is 290 g/mol. The van der Waals surface area contributed by atoms with E-state index in [9.17, 15) is 4.79 Å². The van der Waals surface area contributed by atoms with Crippen molar-refractivity contribution < 1.29 is 4.79 Å². The van der Waals surface area contributed by atoms with Crippen LogP contribution in [0.4, 0.5) is 0 Å². The van der Waals surface area contributed by atoms with Gasteiger partial charge in [-0.15, -0.1) is 0 Å². The fourth-order valence-electron chi connectivity index (χ4n) is 4.21. The Labute approximate surface area is 126 Å². The first-order valence-corrected chi connectivity index (χ1v) is 7.90. The van der Waals surface area contributed by atoms with Gasteiger partial charge in [-0.3, -0.25) is 9.69 Å². The van der Waals surface area contributed by atoms with Crippen molar-refractivity contribution in [2.24, 2.45) is 18.4 Å². The van der Waals surface area contributed by atoms with Crippen molar-refractivity contribution in [2.45, 2.75) is 32.2 Å². The molecule has 1 aromatic rings. The molecule has 1 saturated heterocycles. The summed E-state index contributed by atoms with van der Waals surface area (Å²) in [7, 11) is 5.82. The van der Waals surface area contributed by atoms with Gasteiger partial charge in [0.25, 0.3) is 0 Å². The summed E-state index contributed by atoms with van der Waals surface area (Å²) < 4.78 is 2.09. The summed E-state index contributed by atoms with van der Waals surface area (Å²) in [4.78, 5) is 20.9. The van der Waals surface area contributed by atoms with E-state index in [2.05, 4.69) is 14.5 Å². The molecule has 0 N–H and O–H groups in total. The summed E-state index contributed by atoms with van der Waals surface area (Å²) in [6.45, 7) is 3.10. The smallest absolute Gasteiger partial charge is 0.225 e. The van der Waals surface area contributed by atoms with Crippen LogP contribution in [0.3, 0.4) is 0 Å². The van der Waals surface area contributed by atoms with E-state index in [1.165, 1.54) is 18.5 Å². The minimum atomic E-state index is 0.222. The highest BCUT2D eigenvalue weighted by Crippen LogP contribution is 2.50. The van der Waals surface area contributed by atoms with Gasteiger partial charge in [-0.1, -0.05) is 6.42 Å². The summed E-state index contributed by atoms with van der Waals surface area (Å²) in [5, 5.41) is 0. The monoisotopic (exact) mass is 290 g/mol. The van der Waals surface area contributed by atoms with Crippen molar-refractivity contribution >= 4 is 5.91 Å². The molecule has 21 heavy (non-hydrogen) atoms. The van der Waals surface area contributed by atoms with E-state index in [-0.39, 0.29) is 11.3 Å². The highest BCUT2D eigenvalue weighted by Gasteiger charge is 2.50. The van der Waals surface area contributed by atoms with E-state index in [0.29, 0.717) is 5.91 Å². The lowest BCUT2D eigenvalue weighted by Crippen LogP contribution is -2.40. The molecule has 1 aliphatic carbocycles.